The normalized spacial score (nSPS) is 11.7. The number of hydrogen-bond donors (Lipinski definition) is 2. The molecule has 0 fully saturated rings. The Balaban J connectivity index is 2.31. The number of esters is 2. The van der Waals surface area contributed by atoms with Crippen LogP contribution in [0.1, 0.15) is 25.2 Å². The summed E-state index contributed by atoms with van der Waals surface area (Å²) in [4.78, 5) is 63.3. The van der Waals surface area contributed by atoms with E-state index in [0.717, 1.165) is 36.5 Å². The molecule has 13 nitrogen and oxygen atoms in total. The third-order valence-corrected chi connectivity index (χ3v) is 3.98. The Morgan fingerprint density at radius 1 is 0.828 bits per heavy atom. The first-order chi connectivity index (χ1) is 13.7. The zero-order valence-electron chi connectivity index (χ0n) is 14.8. The smallest absolute Gasteiger partial charge is 0.370 e. The average molecular weight is 440 g/mol. The Hall–Kier alpha value is -3.72. The molecule has 152 valence electrons. The lowest BCUT2D eigenvalue weighted by atomic mass is 10.3. The Morgan fingerprint density at radius 3 is 1.48 bits per heavy atom. The van der Waals surface area contributed by atoms with E-state index in [1.165, 1.54) is 10.8 Å². The molecule has 0 saturated heterocycles. The van der Waals surface area contributed by atoms with Gasteiger partial charge in [0, 0.05) is 24.6 Å². The second-order valence-corrected chi connectivity index (χ2v) is 6.64. The molecule has 2 heterocycles. The SMILES string of the molecule is CC(=O)O/N=C(/C(=O)OC(=O)/C(=N/OC(C)=O)c1csc(N)n1)c1csc(N)n1. The van der Waals surface area contributed by atoms with Crippen molar-refractivity contribution in [1.29, 1.82) is 0 Å². The summed E-state index contributed by atoms with van der Waals surface area (Å²) in [5.41, 5.74) is 9.61. The number of carbonyl (C=O) groups is 4. The van der Waals surface area contributed by atoms with Crippen LogP contribution in [0.25, 0.3) is 0 Å². The molecule has 29 heavy (non-hydrogen) atoms. The van der Waals surface area contributed by atoms with Crippen molar-refractivity contribution in [3.63, 3.8) is 0 Å². The summed E-state index contributed by atoms with van der Waals surface area (Å²) in [6, 6.07) is 0. The molecule has 2 aromatic heterocycles. The van der Waals surface area contributed by atoms with Gasteiger partial charge in [-0.05, 0) is 0 Å². The van der Waals surface area contributed by atoms with Crippen LogP contribution in [-0.4, -0.2) is 45.3 Å². The van der Waals surface area contributed by atoms with Crippen molar-refractivity contribution in [2.24, 2.45) is 10.3 Å². The number of anilines is 2. The van der Waals surface area contributed by atoms with Gasteiger partial charge in [-0.25, -0.2) is 29.1 Å². The van der Waals surface area contributed by atoms with Gasteiger partial charge in [-0.15, -0.1) is 22.7 Å². The highest BCUT2D eigenvalue weighted by Crippen LogP contribution is 2.15. The molecule has 0 bridgehead atoms. The van der Waals surface area contributed by atoms with Gasteiger partial charge < -0.3 is 25.9 Å². The minimum Gasteiger partial charge on any atom is -0.383 e. The quantitative estimate of drug-likeness (QED) is 0.202. The molecule has 0 aliphatic heterocycles. The summed E-state index contributed by atoms with van der Waals surface area (Å²) in [5.74, 6) is -4.33. The summed E-state index contributed by atoms with van der Waals surface area (Å²) in [6.45, 7) is 2.09. The number of rotatable bonds is 6. The predicted molar refractivity (Wildman–Crippen MR) is 101 cm³/mol. The van der Waals surface area contributed by atoms with Gasteiger partial charge in [0.25, 0.3) is 0 Å². The Morgan fingerprint density at radius 2 is 1.21 bits per heavy atom. The van der Waals surface area contributed by atoms with E-state index < -0.39 is 35.3 Å². The monoisotopic (exact) mass is 440 g/mol. The van der Waals surface area contributed by atoms with Crippen LogP contribution in [-0.2, 0) is 33.6 Å². The van der Waals surface area contributed by atoms with Crippen LogP contribution in [0.3, 0.4) is 0 Å². The van der Waals surface area contributed by atoms with Crippen LogP contribution in [0, 0.1) is 0 Å². The summed E-state index contributed by atoms with van der Waals surface area (Å²) in [7, 11) is 0. The molecular formula is C14H12N6O7S2. The van der Waals surface area contributed by atoms with E-state index >= 15 is 0 Å². The highest BCUT2D eigenvalue weighted by atomic mass is 32.1. The largest absolute Gasteiger partial charge is 0.383 e. The first kappa shape index (κ1) is 21.6. The molecule has 0 unspecified atom stereocenters. The van der Waals surface area contributed by atoms with Gasteiger partial charge in [-0.3, -0.25) is 0 Å². The minimum absolute atomic E-state index is 0.0877. The fourth-order valence-electron chi connectivity index (χ4n) is 1.57. The first-order valence-electron chi connectivity index (χ1n) is 7.37. The lowest BCUT2D eigenvalue weighted by Gasteiger charge is -2.05. The van der Waals surface area contributed by atoms with Crippen LogP contribution in [0.5, 0.6) is 0 Å². The number of nitrogens with two attached hydrogens (primary N) is 2. The molecule has 0 amide bonds. The predicted octanol–water partition coefficient (Wildman–Crippen LogP) is 0.0684. The van der Waals surface area contributed by atoms with E-state index in [1.807, 2.05) is 0 Å². The summed E-state index contributed by atoms with van der Waals surface area (Å²) in [5, 5.41) is 9.52. The highest BCUT2D eigenvalue weighted by Gasteiger charge is 2.28. The van der Waals surface area contributed by atoms with Gasteiger partial charge >= 0.3 is 23.9 Å². The molecule has 2 aromatic rings. The Kier molecular flexibility index (Phi) is 7.05. The van der Waals surface area contributed by atoms with Crippen molar-refractivity contribution in [2.75, 3.05) is 11.5 Å². The fraction of sp³-hybridized carbons (Fsp3) is 0.143. The van der Waals surface area contributed by atoms with Gasteiger partial charge in [-0.1, -0.05) is 10.3 Å². The van der Waals surface area contributed by atoms with Crippen LogP contribution >= 0.6 is 22.7 Å². The average Bonchev–Trinajstić information content (AvgIpc) is 3.23. The third-order valence-electron chi connectivity index (χ3n) is 2.63. The third kappa shape index (κ3) is 6.15. The number of ether oxygens (including phenoxy) is 1. The van der Waals surface area contributed by atoms with Crippen molar-refractivity contribution in [1.82, 2.24) is 9.97 Å². The molecule has 0 saturated carbocycles. The number of oxime groups is 2. The molecule has 0 atom stereocenters. The zero-order valence-corrected chi connectivity index (χ0v) is 16.4. The van der Waals surface area contributed by atoms with Crippen LogP contribution in [0.2, 0.25) is 0 Å². The summed E-state index contributed by atoms with van der Waals surface area (Å²) < 4.78 is 4.69. The number of thiazole rings is 2. The number of nitrogen functional groups attached to an aromatic ring is 2. The van der Waals surface area contributed by atoms with E-state index in [9.17, 15) is 19.2 Å². The number of aromatic nitrogens is 2. The van der Waals surface area contributed by atoms with Gasteiger partial charge in [0.05, 0.1) is 0 Å². The van der Waals surface area contributed by atoms with Crippen molar-refractivity contribution in [3.8, 4) is 0 Å². The zero-order chi connectivity index (χ0) is 21.6. The number of hydrogen-bond acceptors (Lipinski definition) is 15. The van der Waals surface area contributed by atoms with Gasteiger partial charge in [0.2, 0.25) is 11.4 Å². The maximum absolute atomic E-state index is 12.4. The highest BCUT2D eigenvalue weighted by molar-refractivity contribution is 7.14. The van der Waals surface area contributed by atoms with E-state index in [0.29, 0.717) is 0 Å². The van der Waals surface area contributed by atoms with Crippen LogP contribution in [0.4, 0.5) is 10.3 Å². The van der Waals surface area contributed by atoms with Gasteiger partial charge in [0.15, 0.2) is 10.3 Å². The molecule has 2 rings (SSSR count). The topological polar surface area (TPSA) is 199 Å². The fourth-order valence-corrected chi connectivity index (χ4v) is 2.67. The second kappa shape index (κ2) is 9.47. The standard InChI is InChI=1S/C14H12N6O7S2/c1-5(21)26-19-9(7-3-28-13(15)17-7)11(23)25-12(24)10(20-27-6(2)22)8-4-29-14(16)18-8/h3-4H,1-2H3,(H2,15,17)(H2,16,18)/b19-9+,20-10+. The Bertz CT molecular complexity index is 945. The van der Waals surface area contributed by atoms with Crippen molar-refractivity contribution in [2.45, 2.75) is 13.8 Å². The number of nitrogens with zero attached hydrogens (tertiary/aromatic N) is 4. The van der Waals surface area contributed by atoms with Crippen LogP contribution in [0.15, 0.2) is 21.1 Å². The maximum atomic E-state index is 12.4. The molecule has 0 radical (unpaired) electrons. The molecule has 4 N–H and O–H groups in total. The first-order valence-corrected chi connectivity index (χ1v) is 9.13. The van der Waals surface area contributed by atoms with Crippen molar-refractivity contribution >= 4 is 68.2 Å². The van der Waals surface area contributed by atoms with Crippen molar-refractivity contribution < 1.29 is 33.6 Å². The lowest BCUT2D eigenvalue weighted by Crippen LogP contribution is -2.28. The lowest BCUT2D eigenvalue weighted by molar-refractivity contribution is -0.149. The molecular weight excluding hydrogens is 428 g/mol. The van der Waals surface area contributed by atoms with E-state index in [4.69, 9.17) is 16.2 Å². The minimum atomic E-state index is -1.33. The molecule has 0 aliphatic rings. The van der Waals surface area contributed by atoms with E-state index in [-0.39, 0.29) is 21.7 Å². The van der Waals surface area contributed by atoms with E-state index in [1.54, 1.807) is 0 Å². The van der Waals surface area contributed by atoms with Crippen LogP contribution < -0.4 is 11.5 Å². The molecule has 0 aromatic carbocycles. The van der Waals surface area contributed by atoms with Gasteiger partial charge in [0.1, 0.15) is 11.4 Å². The molecule has 15 heteroatoms. The Labute approximate surface area is 169 Å². The van der Waals surface area contributed by atoms with Gasteiger partial charge in [-0.2, -0.15) is 0 Å². The second-order valence-electron chi connectivity index (χ2n) is 4.86. The van der Waals surface area contributed by atoms with E-state index in [2.05, 4.69) is 30.0 Å². The molecule has 0 aliphatic carbocycles. The number of carbonyl (C=O) groups excluding carboxylic acids is 4. The molecule has 0 spiro atoms. The van der Waals surface area contributed by atoms with Crippen molar-refractivity contribution in [3.05, 3.63) is 22.1 Å². The summed E-state index contributed by atoms with van der Waals surface area (Å²) >= 11 is 1.94. The maximum Gasteiger partial charge on any atom is 0.370 e. The summed E-state index contributed by atoms with van der Waals surface area (Å²) in [6.07, 6.45) is 0.